The quantitative estimate of drug-likeness (QED) is 0.172. The van der Waals surface area contributed by atoms with Gasteiger partial charge in [0.25, 0.3) is 0 Å². The summed E-state index contributed by atoms with van der Waals surface area (Å²) in [7, 11) is 0. The molecule has 0 aliphatic heterocycles. The third kappa shape index (κ3) is 3.79. The maximum absolute atomic E-state index is 14.2. The van der Waals surface area contributed by atoms with Crippen molar-refractivity contribution >= 4 is 49.4 Å². The number of hydrogen-bond donors (Lipinski definition) is 0. The van der Waals surface area contributed by atoms with E-state index in [1.807, 2.05) is 18.2 Å². The highest BCUT2D eigenvalue weighted by Gasteiger charge is 2.53. The van der Waals surface area contributed by atoms with E-state index in [-0.39, 0.29) is 5.82 Å². The van der Waals surface area contributed by atoms with Gasteiger partial charge in [0.15, 0.2) is 0 Å². The van der Waals surface area contributed by atoms with Crippen LogP contribution < -0.4 is 4.90 Å². The summed E-state index contributed by atoms with van der Waals surface area (Å²) in [5.41, 5.74) is 13.0. The largest absolute Gasteiger partial charge is 0.310 e. The van der Waals surface area contributed by atoms with Crippen molar-refractivity contribution in [1.29, 1.82) is 0 Å². The molecule has 2 heteroatoms. The number of para-hydroxylation sites is 1. The van der Waals surface area contributed by atoms with E-state index < -0.39 is 5.41 Å². The van der Waals surface area contributed by atoms with Gasteiger partial charge < -0.3 is 4.90 Å². The van der Waals surface area contributed by atoms with Gasteiger partial charge in [-0.25, -0.2) is 4.39 Å². The normalized spacial score (nSPS) is 13.4. The Hall–Kier alpha value is -6.51. The lowest BCUT2D eigenvalue weighted by Crippen LogP contribution is -2.26. The maximum atomic E-state index is 14.2. The van der Waals surface area contributed by atoms with Crippen molar-refractivity contribution in [3.8, 4) is 22.3 Å². The highest BCUT2D eigenvalue weighted by Crippen LogP contribution is 2.66. The van der Waals surface area contributed by atoms with Gasteiger partial charge in [-0.2, -0.15) is 0 Å². The summed E-state index contributed by atoms with van der Waals surface area (Å²) < 4.78 is 14.2. The minimum absolute atomic E-state index is 0.249. The Balaban J connectivity index is 1.30. The van der Waals surface area contributed by atoms with Crippen molar-refractivity contribution < 1.29 is 4.39 Å². The maximum Gasteiger partial charge on any atom is 0.123 e. The third-order valence-electron chi connectivity index (χ3n) is 11.3. The molecule has 0 unspecified atom stereocenters. The minimum atomic E-state index is -0.498. The molecule has 9 aromatic rings. The minimum Gasteiger partial charge on any atom is -0.310 e. The van der Waals surface area contributed by atoms with E-state index in [1.54, 1.807) is 0 Å². The Kier molecular flexibility index (Phi) is 5.83. The summed E-state index contributed by atoms with van der Waals surface area (Å²) in [6.45, 7) is 0. The van der Waals surface area contributed by atoms with E-state index in [1.165, 1.54) is 89.0 Å². The van der Waals surface area contributed by atoms with Crippen molar-refractivity contribution in [1.82, 2.24) is 0 Å². The first-order chi connectivity index (χ1) is 25.2. The van der Waals surface area contributed by atoms with Gasteiger partial charge in [0.2, 0.25) is 0 Å². The van der Waals surface area contributed by atoms with Gasteiger partial charge in [0.05, 0.1) is 5.41 Å². The van der Waals surface area contributed by atoms with E-state index in [4.69, 9.17) is 0 Å². The monoisotopic (exact) mass is 651 g/mol. The number of hydrogen-bond acceptors (Lipinski definition) is 1. The molecule has 238 valence electrons. The van der Waals surface area contributed by atoms with Crippen LogP contribution >= 0.6 is 0 Å². The van der Waals surface area contributed by atoms with Crippen LogP contribution in [0.3, 0.4) is 0 Å². The Morgan fingerprint density at radius 3 is 1.67 bits per heavy atom. The van der Waals surface area contributed by atoms with Crippen LogP contribution in [-0.4, -0.2) is 0 Å². The zero-order valence-corrected chi connectivity index (χ0v) is 27.6. The number of halogens is 1. The van der Waals surface area contributed by atoms with Crippen molar-refractivity contribution in [2.24, 2.45) is 0 Å². The summed E-state index contributed by atoms with van der Waals surface area (Å²) in [6.07, 6.45) is 0. The van der Waals surface area contributed by atoms with Crippen LogP contribution in [0.15, 0.2) is 182 Å². The van der Waals surface area contributed by atoms with Gasteiger partial charge in [-0.05, 0) is 137 Å². The van der Waals surface area contributed by atoms with Crippen LogP contribution in [0.4, 0.5) is 21.5 Å². The molecule has 2 aliphatic carbocycles. The van der Waals surface area contributed by atoms with Crippen LogP contribution in [0, 0.1) is 5.82 Å². The lowest BCUT2D eigenvalue weighted by Gasteiger charge is -2.32. The lowest BCUT2D eigenvalue weighted by molar-refractivity contribution is 0.628. The van der Waals surface area contributed by atoms with Crippen molar-refractivity contribution in [2.75, 3.05) is 4.90 Å². The molecule has 1 spiro atoms. The molecule has 0 fully saturated rings. The fourth-order valence-electron chi connectivity index (χ4n) is 9.29. The number of nitrogens with zero attached hydrogens (tertiary/aromatic N) is 1. The molecule has 0 N–H and O–H groups in total. The van der Waals surface area contributed by atoms with Crippen molar-refractivity contribution in [3.63, 3.8) is 0 Å². The molecule has 0 radical (unpaired) electrons. The van der Waals surface area contributed by atoms with Gasteiger partial charge >= 0.3 is 0 Å². The molecule has 1 nitrogen and oxygen atoms in total. The Morgan fingerprint density at radius 2 is 0.941 bits per heavy atom. The highest BCUT2D eigenvalue weighted by molar-refractivity contribution is 6.21. The second kappa shape index (κ2) is 10.5. The molecule has 0 atom stereocenters. The van der Waals surface area contributed by atoms with Crippen LogP contribution in [0.2, 0.25) is 0 Å². The molecule has 0 saturated heterocycles. The molecule has 0 heterocycles. The predicted molar refractivity (Wildman–Crippen MR) is 210 cm³/mol. The Bertz CT molecular complexity index is 2820. The fraction of sp³-hybridized carbons (Fsp3) is 0.0204. The van der Waals surface area contributed by atoms with Gasteiger partial charge in [-0.1, -0.05) is 121 Å². The van der Waals surface area contributed by atoms with Crippen molar-refractivity contribution in [3.05, 3.63) is 210 Å². The van der Waals surface area contributed by atoms with Gasteiger partial charge in [-0.15, -0.1) is 0 Å². The number of rotatable bonds is 3. The average molecular weight is 652 g/mol. The van der Waals surface area contributed by atoms with E-state index in [2.05, 4.69) is 157 Å². The van der Waals surface area contributed by atoms with Crippen LogP contribution in [0.1, 0.15) is 22.3 Å². The molecule has 0 amide bonds. The number of anilines is 3. The van der Waals surface area contributed by atoms with Crippen LogP contribution in [0.5, 0.6) is 0 Å². The highest BCUT2D eigenvalue weighted by atomic mass is 19.1. The SMILES string of the molecule is Fc1ccc(N(c2ccccc2)c2ccc3c4c(c5ccccc5c3c2)-c2cc3ccccc3cc2C42c3ccccc3-c3ccccc32)cc1. The number of fused-ring (bicyclic) bond motifs is 16. The summed E-state index contributed by atoms with van der Waals surface area (Å²) in [4.78, 5) is 2.22. The molecule has 0 aromatic heterocycles. The second-order valence-electron chi connectivity index (χ2n) is 13.8. The lowest BCUT2D eigenvalue weighted by atomic mass is 9.69. The van der Waals surface area contributed by atoms with Crippen LogP contribution in [-0.2, 0) is 5.41 Å². The van der Waals surface area contributed by atoms with Crippen molar-refractivity contribution in [2.45, 2.75) is 5.41 Å². The predicted octanol–water partition coefficient (Wildman–Crippen LogP) is 13.1. The molecule has 0 saturated carbocycles. The first kappa shape index (κ1) is 28.3. The molecular formula is C49H30FN. The second-order valence-corrected chi connectivity index (χ2v) is 13.8. The zero-order valence-electron chi connectivity index (χ0n) is 27.6. The number of benzene rings is 9. The summed E-state index contributed by atoms with van der Waals surface area (Å²) in [5, 5.41) is 7.40. The molecule has 11 rings (SSSR count). The molecule has 0 bridgehead atoms. The third-order valence-corrected chi connectivity index (χ3v) is 11.3. The first-order valence-corrected chi connectivity index (χ1v) is 17.5. The van der Waals surface area contributed by atoms with E-state index in [0.717, 1.165) is 17.1 Å². The Morgan fingerprint density at radius 1 is 0.373 bits per heavy atom. The van der Waals surface area contributed by atoms with E-state index in [0.29, 0.717) is 0 Å². The first-order valence-electron chi connectivity index (χ1n) is 17.5. The molecule has 51 heavy (non-hydrogen) atoms. The summed E-state index contributed by atoms with van der Waals surface area (Å²) >= 11 is 0. The standard InChI is InChI=1S/C49H30FN/c50-33-22-24-35(25-23-33)51(34-14-2-1-3-15-34)36-26-27-41-42(30-36)37-16-6-7-19-40(37)47-43-28-31-12-4-5-13-32(31)29-46(43)49(48(41)47)44-20-10-8-17-38(44)39-18-9-11-21-45(39)49/h1-30H. The molecule has 9 aromatic carbocycles. The van der Waals surface area contributed by atoms with Gasteiger partial charge in [0.1, 0.15) is 5.82 Å². The van der Waals surface area contributed by atoms with Gasteiger partial charge in [0, 0.05) is 17.1 Å². The van der Waals surface area contributed by atoms with Crippen LogP contribution in [0.25, 0.3) is 54.6 Å². The van der Waals surface area contributed by atoms with Gasteiger partial charge in [-0.3, -0.25) is 0 Å². The van der Waals surface area contributed by atoms with E-state index >= 15 is 0 Å². The smallest absolute Gasteiger partial charge is 0.123 e. The fourth-order valence-corrected chi connectivity index (χ4v) is 9.29. The average Bonchev–Trinajstić information content (AvgIpc) is 3.65. The Labute approximate surface area is 295 Å². The topological polar surface area (TPSA) is 3.24 Å². The molecular weight excluding hydrogens is 622 g/mol. The molecule has 2 aliphatic rings. The zero-order chi connectivity index (χ0) is 33.7. The summed E-state index contributed by atoms with van der Waals surface area (Å²) in [5.74, 6) is -0.249. The summed E-state index contributed by atoms with van der Waals surface area (Å²) in [6, 6.07) is 64.7. The van der Waals surface area contributed by atoms with E-state index in [9.17, 15) is 4.39 Å².